The molecule has 1 aliphatic heterocycles. The number of benzene rings is 1. The molecule has 5 rings (SSSR count). The van der Waals surface area contributed by atoms with Gasteiger partial charge in [0.05, 0.1) is 25.2 Å². The molecule has 9 nitrogen and oxygen atoms in total. The normalized spacial score (nSPS) is 26.6. The molecular weight excluding hydrogens is 492 g/mol. The zero-order valence-corrected chi connectivity index (χ0v) is 22.0. The highest BCUT2D eigenvalue weighted by Gasteiger charge is 2.30. The smallest absolute Gasteiger partial charge is 0.306 e. The van der Waals surface area contributed by atoms with Gasteiger partial charge in [-0.15, -0.1) is 10.2 Å². The van der Waals surface area contributed by atoms with Gasteiger partial charge < -0.3 is 14.6 Å². The Labute approximate surface area is 221 Å². The first kappa shape index (κ1) is 26.1. The molecule has 1 saturated heterocycles. The summed E-state index contributed by atoms with van der Waals surface area (Å²) in [4.78, 5) is 26.4. The molecule has 1 aromatic carbocycles. The van der Waals surface area contributed by atoms with E-state index < -0.39 is 5.97 Å². The second-order valence-electron chi connectivity index (χ2n) is 10.4. The van der Waals surface area contributed by atoms with Crippen LogP contribution in [0.25, 0.3) is 0 Å². The number of carboxylic acid groups (broad SMARTS) is 1. The minimum Gasteiger partial charge on any atom is -0.490 e. The molecule has 200 valence electrons. The molecule has 3 aliphatic rings. The minimum absolute atomic E-state index is 0.0181. The third-order valence-corrected chi connectivity index (χ3v) is 8.87. The van der Waals surface area contributed by atoms with E-state index in [2.05, 4.69) is 20.4 Å². The van der Waals surface area contributed by atoms with Crippen LogP contribution in [0, 0.1) is 11.8 Å². The van der Waals surface area contributed by atoms with Crippen LogP contribution in [0.3, 0.4) is 0 Å². The van der Waals surface area contributed by atoms with E-state index in [9.17, 15) is 9.59 Å². The number of aromatic nitrogens is 2. The summed E-state index contributed by atoms with van der Waals surface area (Å²) < 4.78 is 11.5. The Bertz CT molecular complexity index is 1050. The van der Waals surface area contributed by atoms with Crippen molar-refractivity contribution >= 4 is 28.3 Å². The van der Waals surface area contributed by atoms with Crippen molar-refractivity contribution in [2.45, 2.75) is 69.9 Å². The van der Waals surface area contributed by atoms with Crippen LogP contribution in [-0.4, -0.2) is 70.5 Å². The van der Waals surface area contributed by atoms with Crippen LogP contribution in [0.15, 0.2) is 24.3 Å². The predicted octanol–water partition coefficient (Wildman–Crippen LogP) is 4.25. The average Bonchev–Trinajstić information content (AvgIpc) is 3.58. The first-order valence-corrected chi connectivity index (χ1v) is 14.3. The lowest BCUT2D eigenvalue weighted by atomic mass is 9.87. The molecule has 1 amide bonds. The fraction of sp³-hybridized carbons (Fsp3) is 0.630. The van der Waals surface area contributed by atoms with Gasteiger partial charge in [0, 0.05) is 31.1 Å². The van der Waals surface area contributed by atoms with Crippen LogP contribution in [0.2, 0.25) is 0 Å². The number of rotatable bonds is 9. The topological polar surface area (TPSA) is 114 Å². The molecule has 0 spiro atoms. The maximum Gasteiger partial charge on any atom is 0.306 e. The number of carbonyl (C=O) groups excluding carboxylic acids is 1. The largest absolute Gasteiger partial charge is 0.490 e. The van der Waals surface area contributed by atoms with E-state index >= 15 is 0 Å². The van der Waals surface area contributed by atoms with Crippen molar-refractivity contribution in [1.29, 1.82) is 0 Å². The molecule has 1 aromatic heterocycles. The number of aliphatic carboxylic acids is 1. The minimum atomic E-state index is -0.720. The van der Waals surface area contributed by atoms with Gasteiger partial charge in [-0.05, 0) is 81.5 Å². The highest BCUT2D eigenvalue weighted by Crippen LogP contribution is 2.33. The highest BCUT2D eigenvalue weighted by molar-refractivity contribution is 7.15. The van der Waals surface area contributed by atoms with Crippen LogP contribution in [0.5, 0.6) is 5.75 Å². The fourth-order valence-corrected chi connectivity index (χ4v) is 6.54. The molecule has 10 heteroatoms. The van der Waals surface area contributed by atoms with Crippen molar-refractivity contribution in [3.8, 4) is 5.75 Å². The van der Waals surface area contributed by atoms with Crippen molar-refractivity contribution in [1.82, 2.24) is 15.1 Å². The van der Waals surface area contributed by atoms with Crippen LogP contribution >= 0.6 is 11.3 Å². The number of amides is 1. The van der Waals surface area contributed by atoms with Crippen molar-refractivity contribution in [2.75, 3.05) is 31.6 Å². The summed E-state index contributed by atoms with van der Waals surface area (Å²) in [6.45, 7) is 3.83. The Morgan fingerprint density at radius 2 is 1.81 bits per heavy atom. The van der Waals surface area contributed by atoms with Crippen LogP contribution in [0.1, 0.15) is 66.7 Å². The summed E-state index contributed by atoms with van der Waals surface area (Å²) in [5.74, 6) is 0.212. The zero-order valence-electron chi connectivity index (χ0n) is 21.1. The van der Waals surface area contributed by atoms with E-state index in [4.69, 9.17) is 14.6 Å². The van der Waals surface area contributed by atoms with Crippen molar-refractivity contribution in [3.05, 3.63) is 34.8 Å². The number of nitrogens with zero attached hydrogens (tertiary/aromatic N) is 3. The molecule has 2 saturated carbocycles. The molecule has 2 aliphatic carbocycles. The van der Waals surface area contributed by atoms with E-state index in [-0.39, 0.29) is 17.9 Å². The second kappa shape index (κ2) is 12.3. The second-order valence-corrected chi connectivity index (χ2v) is 11.5. The number of carboxylic acids is 1. The summed E-state index contributed by atoms with van der Waals surface area (Å²) in [6, 6.07) is 7.74. The number of carbonyl (C=O) groups is 2. The summed E-state index contributed by atoms with van der Waals surface area (Å²) in [7, 11) is 0. The van der Waals surface area contributed by atoms with Gasteiger partial charge in [0.1, 0.15) is 10.8 Å². The van der Waals surface area contributed by atoms with Crippen molar-refractivity contribution < 1.29 is 24.2 Å². The fourth-order valence-electron chi connectivity index (χ4n) is 5.79. The lowest BCUT2D eigenvalue weighted by Gasteiger charge is -2.32. The Kier molecular flexibility index (Phi) is 8.68. The molecule has 0 radical (unpaired) electrons. The molecule has 3 fully saturated rings. The van der Waals surface area contributed by atoms with Gasteiger partial charge in [-0.1, -0.05) is 11.3 Å². The van der Waals surface area contributed by atoms with E-state index in [0.717, 1.165) is 62.9 Å². The van der Waals surface area contributed by atoms with E-state index in [1.165, 1.54) is 30.6 Å². The summed E-state index contributed by atoms with van der Waals surface area (Å²) >= 11 is 1.45. The van der Waals surface area contributed by atoms with Crippen molar-refractivity contribution in [3.63, 3.8) is 0 Å². The van der Waals surface area contributed by atoms with E-state index in [1.807, 2.05) is 0 Å². The van der Waals surface area contributed by atoms with Crippen molar-refractivity contribution in [2.24, 2.45) is 11.8 Å². The zero-order chi connectivity index (χ0) is 25.6. The van der Waals surface area contributed by atoms with Crippen LogP contribution in [-0.2, 0) is 16.0 Å². The molecule has 2 heterocycles. The Morgan fingerprint density at radius 3 is 2.54 bits per heavy atom. The number of hydrogen-bond acceptors (Lipinski definition) is 8. The lowest BCUT2D eigenvalue weighted by Crippen LogP contribution is -2.42. The van der Waals surface area contributed by atoms with E-state index in [0.29, 0.717) is 35.3 Å². The summed E-state index contributed by atoms with van der Waals surface area (Å²) in [5, 5.41) is 22.0. The maximum atomic E-state index is 12.7. The number of anilines is 1. The quantitative estimate of drug-likeness (QED) is 0.497. The Morgan fingerprint density at radius 1 is 1.05 bits per heavy atom. The number of aryl methyl sites for hydroxylation is 1. The highest BCUT2D eigenvalue weighted by atomic mass is 32.1. The van der Waals surface area contributed by atoms with Gasteiger partial charge in [-0.25, -0.2) is 0 Å². The Hall–Kier alpha value is -2.56. The standard InChI is InChI=1S/C27H36N4O5S/c32-25(19-3-8-22(9-4-19)36-23-10-5-20(6-11-23)26(33)34)28-27-30-29-24(37-27)12-2-18-1-7-21(17-18)31-13-15-35-16-14-31/h3-4,8-9,18,20-21,23H,1-2,5-7,10-17H2,(H,33,34)(H,28,30,32)/t18?,20-,21?,23+. The molecule has 0 bridgehead atoms. The van der Waals surface area contributed by atoms with Gasteiger partial charge in [0.25, 0.3) is 5.91 Å². The molecule has 2 aromatic rings. The summed E-state index contributed by atoms with van der Waals surface area (Å²) in [5.41, 5.74) is 0.527. The first-order valence-electron chi connectivity index (χ1n) is 13.5. The molecule has 2 atom stereocenters. The number of ether oxygens (including phenoxy) is 2. The average molecular weight is 529 g/mol. The number of morpholine rings is 1. The van der Waals surface area contributed by atoms with Gasteiger partial charge in [0.15, 0.2) is 0 Å². The molecular formula is C27H36N4O5S. The third-order valence-electron chi connectivity index (χ3n) is 7.97. The lowest BCUT2D eigenvalue weighted by molar-refractivity contribution is -0.143. The van der Waals surface area contributed by atoms with Gasteiger partial charge in [-0.3, -0.25) is 19.8 Å². The van der Waals surface area contributed by atoms with Gasteiger partial charge in [0.2, 0.25) is 5.13 Å². The SMILES string of the molecule is O=C(Nc1nnc(CCC2CCC(N3CCOCC3)C2)s1)c1ccc(O[C@H]2CC[C@@H](C(=O)O)CC2)cc1. The molecule has 37 heavy (non-hydrogen) atoms. The Balaban J connectivity index is 1.04. The molecule has 2 N–H and O–H groups in total. The number of hydrogen-bond donors (Lipinski definition) is 2. The van der Waals surface area contributed by atoms with Gasteiger partial charge in [-0.2, -0.15) is 0 Å². The van der Waals surface area contributed by atoms with Gasteiger partial charge >= 0.3 is 5.97 Å². The summed E-state index contributed by atoms with van der Waals surface area (Å²) in [6.07, 6.45) is 8.57. The monoisotopic (exact) mass is 528 g/mol. The third kappa shape index (κ3) is 7.06. The number of nitrogens with one attached hydrogen (secondary N) is 1. The van der Waals surface area contributed by atoms with Crippen LogP contribution in [0.4, 0.5) is 5.13 Å². The predicted molar refractivity (Wildman–Crippen MR) is 140 cm³/mol. The maximum absolute atomic E-state index is 12.7. The van der Waals surface area contributed by atoms with E-state index in [1.54, 1.807) is 24.3 Å². The van der Waals surface area contributed by atoms with Crippen LogP contribution < -0.4 is 10.1 Å². The molecule has 2 unspecified atom stereocenters. The first-order chi connectivity index (χ1) is 18.0.